The van der Waals surface area contributed by atoms with Crippen LogP contribution in [-0.2, 0) is 17.8 Å². The molecule has 0 bridgehead atoms. The zero-order chi connectivity index (χ0) is 13.9. The number of hydrogen-bond acceptors (Lipinski definition) is 3. The molecule has 19 heavy (non-hydrogen) atoms. The van der Waals surface area contributed by atoms with Crippen molar-refractivity contribution in [3.63, 3.8) is 0 Å². The Morgan fingerprint density at radius 3 is 1.58 bits per heavy atom. The summed E-state index contributed by atoms with van der Waals surface area (Å²) >= 11 is 0. The minimum absolute atomic E-state index is 0.144. The molecule has 0 aromatic heterocycles. The monoisotopic (exact) mass is 276 g/mol. The van der Waals surface area contributed by atoms with Gasteiger partial charge in [-0.25, -0.2) is 0 Å². The zero-order valence-electron chi connectivity index (χ0n) is 10.8. The van der Waals surface area contributed by atoms with Crippen molar-refractivity contribution in [2.45, 2.75) is 13.2 Å². The Morgan fingerprint density at radius 1 is 0.842 bits per heavy atom. The molecular weight excluding hydrogens is 259 g/mol. The molecule has 0 atom stereocenters. The highest BCUT2D eigenvalue weighted by atomic mass is 31.2. The summed E-state index contributed by atoms with van der Waals surface area (Å²) in [7, 11) is -2.83. The number of rotatable bonds is 4. The van der Waals surface area contributed by atoms with E-state index in [2.05, 4.69) is 0 Å². The lowest BCUT2D eigenvalue weighted by Gasteiger charge is -2.19. The molecule has 2 N–H and O–H groups in total. The van der Waals surface area contributed by atoms with Gasteiger partial charge in [-0.1, -0.05) is 48.5 Å². The molecule has 3 nitrogen and oxygen atoms in total. The second-order valence-corrected chi connectivity index (χ2v) is 7.31. The van der Waals surface area contributed by atoms with Crippen molar-refractivity contribution < 1.29 is 14.8 Å². The molecule has 0 aliphatic heterocycles. The molecule has 0 aliphatic carbocycles. The second kappa shape index (κ2) is 5.70. The lowest BCUT2D eigenvalue weighted by Crippen LogP contribution is -2.21. The van der Waals surface area contributed by atoms with E-state index in [0.29, 0.717) is 21.7 Å². The van der Waals surface area contributed by atoms with Crippen LogP contribution in [0.2, 0.25) is 0 Å². The van der Waals surface area contributed by atoms with E-state index in [-0.39, 0.29) is 13.2 Å². The van der Waals surface area contributed by atoms with Crippen molar-refractivity contribution in [2.24, 2.45) is 0 Å². The first-order valence-corrected chi connectivity index (χ1v) is 8.23. The highest BCUT2D eigenvalue weighted by Gasteiger charge is 2.25. The van der Waals surface area contributed by atoms with E-state index >= 15 is 0 Å². The van der Waals surface area contributed by atoms with Gasteiger partial charge < -0.3 is 14.8 Å². The Balaban J connectivity index is 2.62. The Kier molecular flexibility index (Phi) is 4.20. The molecule has 0 saturated carbocycles. The van der Waals surface area contributed by atoms with Crippen molar-refractivity contribution in [1.29, 1.82) is 0 Å². The van der Waals surface area contributed by atoms with E-state index in [0.717, 1.165) is 0 Å². The van der Waals surface area contributed by atoms with Crippen LogP contribution >= 0.6 is 7.14 Å². The van der Waals surface area contributed by atoms with Crippen LogP contribution in [-0.4, -0.2) is 16.9 Å². The molecule has 0 fully saturated rings. The molecule has 0 heterocycles. The number of aliphatic hydroxyl groups is 2. The van der Waals surface area contributed by atoms with Gasteiger partial charge in [-0.2, -0.15) is 0 Å². The molecule has 0 saturated heterocycles. The number of benzene rings is 2. The lowest BCUT2D eigenvalue weighted by molar-refractivity contribution is 0.282. The fraction of sp³-hybridized carbons (Fsp3) is 0.200. The summed E-state index contributed by atoms with van der Waals surface area (Å²) < 4.78 is 13.2. The third kappa shape index (κ3) is 2.64. The Hall–Kier alpha value is -1.41. The summed E-state index contributed by atoms with van der Waals surface area (Å²) in [6.45, 7) is 1.39. The van der Waals surface area contributed by atoms with E-state index in [9.17, 15) is 14.8 Å². The first kappa shape index (κ1) is 14.0. The molecule has 2 aromatic carbocycles. The van der Waals surface area contributed by atoms with Crippen molar-refractivity contribution in [3.8, 4) is 0 Å². The van der Waals surface area contributed by atoms with Gasteiger partial charge in [0.25, 0.3) is 0 Å². The first-order chi connectivity index (χ1) is 9.11. The molecular formula is C15H17O3P. The summed E-state index contributed by atoms with van der Waals surface area (Å²) in [5, 5.41) is 20.1. The van der Waals surface area contributed by atoms with Gasteiger partial charge in [-0.3, -0.25) is 0 Å². The van der Waals surface area contributed by atoms with Crippen LogP contribution in [0, 0.1) is 0 Å². The van der Waals surface area contributed by atoms with Crippen LogP contribution in [0.3, 0.4) is 0 Å². The molecule has 0 aliphatic rings. The fourth-order valence-corrected chi connectivity index (χ4v) is 4.64. The van der Waals surface area contributed by atoms with Crippen LogP contribution in [0.25, 0.3) is 0 Å². The van der Waals surface area contributed by atoms with E-state index < -0.39 is 7.14 Å². The van der Waals surface area contributed by atoms with Crippen LogP contribution < -0.4 is 10.6 Å². The lowest BCUT2D eigenvalue weighted by atomic mass is 10.2. The average Bonchev–Trinajstić information content (AvgIpc) is 2.47. The number of hydrogen-bond donors (Lipinski definition) is 2. The van der Waals surface area contributed by atoms with Crippen LogP contribution in [0.4, 0.5) is 0 Å². The van der Waals surface area contributed by atoms with E-state index in [1.54, 1.807) is 30.9 Å². The summed E-state index contributed by atoms with van der Waals surface area (Å²) in [5.74, 6) is 0. The largest absolute Gasteiger partial charge is 0.392 e. The molecule has 0 radical (unpaired) electrons. The molecule has 0 amide bonds. The third-order valence-corrected chi connectivity index (χ3v) is 5.95. The van der Waals surface area contributed by atoms with Gasteiger partial charge in [0.05, 0.1) is 13.2 Å². The van der Waals surface area contributed by atoms with E-state index in [1.807, 2.05) is 24.3 Å². The zero-order valence-corrected chi connectivity index (χ0v) is 11.7. The Morgan fingerprint density at radius 2 is 1.21 bits per heavy atom. The van der Waals surface area contributed by atoms with E-state index in [4.69, 9.17) is 0 Å². The quantitative estimate of drug-likeness (QED) is 0.834. The predicted molar refractivity (Wildman–Crippen MR) is 77.5 cm³/mol. The van der Waals surface area contributed by atoms with Gasteiger partial charge in [-0.05, 0) is 17.8 Å². The Labute approximate surface area is 112 Å². The van der Waals surface area contributed by atoms with Crippen LogP contribution in [0.1, 0.15) is 11.1 Å². The summed E-state index contributed by atoms with van der Waals surface area (Å²) in [6, 6.07) is 14.3. The average molecular weight is 276 g/mol. The van der Waals surface area contributed by atoms with Gasteiger partial charge in [0.2, 0.25) is 0 Å². The molecule has 0 unspecified atom stereocenters. The summed E-state index contributed by atoms with van der Waals surface area (Å²) in [4.78, 5) is 0. The van der Waals surface area contributed by atoms with Crippen molar-refractivity contribution in [3.05, 3.63) is 59.7 Å². The normalized spacial score (nSPS) is 11.5. The number of aliphatic hydroxyl groups excluding tert-OH is 2. The third-order valence-electron chi connectivity index (χ3n) is 3.24. The maximum absolute atomic E-state index is 13.2. The fourth-order valence-electron chi connectivity index (χ4n) is 2.25. The predicted octanol–water partition coefficient (Wildman–Crippen LogP) is 1.61. The van der Waals surface area contributed by atoms with Gasteiger partial charge in [0.15, 0.2) is 0 Å². The SMILES string of the molecule is CP(=O)(c1ccccc1CO)c1ccccc1CO. The van der Waals surface area contributed by atoms with Crippen LogP contribution in [0.5, 0.6) is 0 Å². The maximum Gasteiger partial charge on any atom is 0.141 e. The van der Waals surface area contributed by atoms with E-state index in [1.165, 1.54) is 0 Å². The first-order valence-electron chi connectivity index (χ1n) is 6.07. The highest BCUT2D eigenvalue weighted by molar-refractivity contribution is 7.78. The smallest absolute Gasteiger partial charge is 0.141 e. The Bertz CT molecular complexity index is 571. The van der Waals surface area contributed by atoms with Crippen molar-refractivity contribution in [2.75, 3.05) is 6.66 Å². The maximum atomic E-state index is 13.2. The van der Waals surface area contributed by atoms with Gasteiger partial charge >= 0.3 is 0 Å². The van der Waals surface area contributed by atoms with Gasteiger partial charge in [0, 0.05) is 10.6 Å². The molecule has 4 heteroatoms. The topological polar surface area (TPSA) is 57.5 Å². The minimum atomic E-state index is -2.83. The standard InChI is InChI=1S/C15H17O3P/c1-19(18,14-8-4-2-6-12(14)10-16)15-9-5-3-7-13(15)11-17/h2-9,16-17H,10-11H2,1H3. The highest BCUT2D eigenvalue weighted by Crippen LogP contribution is 2.41. The van der Waals surface area contributed by atoms with Crippen molar-refractivity contribution >= 4 is 17.8 Å². The second-order valence-electron chi connectivity index (χ2n) is 4.50. The van der Waals surface area contributed by atoms with Gasteiger partial charge in [-0.15, -0.1) is 0 Å². The molecule has 2 aromatic rings. The van der Waals surface area contributed by atoms with Crippen molar-refractivity contribution in [1.82, 2.24) is 0 Å². The van der Waals surface area contributed by atoms with Crippen LogP contribution in [0.15, 0.2) is 48.5 Å². The van der Waals surface area contributed by atoms with Gasteiger partial charge in [0.1, 0.15) is 7.14 Å². The summed E-state index contributed by atoms with van der Waals surface area (Å²) in [6.07, 6.45) is 0. The molecule has 2 rings (SSSR count). The molecule has 0 spiro atoms. The molecule has 100 valence electrons. The summed E-state index contributed by atoms with van der Waals surface area (Å²) in [5.41, 5.74) is 1.34. The minimum Gasteiger partial charge on any atom is -0.392 e.